The maximum atomic E-state index is 13.6. The van der Waals surface area contributed by atoms with E-state index in [1.54, 1.807) is 18.2 Å². The summed E-state index contributed by atoms with van der Waals surface area (Å²) in [6.07, 6.45) is -0.848. The van der Waals surface area contributed by atoms with Crippen LogP contribution in [-0.2, 0) is 11.3 Å². The van der Waals surface area contributed by atoms with Gasteiger partial charge in [-0.25, -0.2) is 4.39 Å². The molecule has 0 aromatic heterocycles. The highest BCUT2D eigenvalue weighted by molar-refractivity contribution is 5.47. The van der Waals surface area contributed by atoms with E-state index in [9.17, 15) is 9.50 Å². The maximum Gasteiger partial charge on any atom is 0.129 e. The van der Waals surface area contributed by atoms with Crippen LogP contribution < -0.4 is 10.2 Å². The summed E-state index contributed by atoms with van der Waals surface area (Å²) in [5, 5.41) is 13.2. The summed E-state index contributed by atoms with van der Waals surface area (Å²) in [6, 6.07) is 14.7. The summed E-state index contributed by atoms with van der Waals surface area (Å²) in [6.45, 7) is 4.34. The van der Waals surface area contributed by atoms with Crippen molar-refractivity contribution in [2.24, 2.45) is 0 Å². The van der Waals surface area contributed by atoms with Crippen molar-refractivity contribution in [3.63, 3.8) is 0 Å². The summed E-state index contributed by atoms with van der Waals surface area (Å²) >= 11 is 0. The fourth-order valence-electron chi connectivity index (χ4n) is 2.85. The molecule has 2 N–H and O–H groups in total. The van der Waals surface area contributed by atoms with Crippen LogP contribution in [0.4, 0.5) is 10.1 Å². The van der Waals surface area contributed by atoms with Crippen molar-refractivity contribution >= 4 is 5.69 Å². The smallest absolute Gasteiger partial charge is 0.129 e. The van der Waals surface area contributed by atoms with Crippen molar-refractivity contribution in [2.45, 2.75) is 12.6 Å². The van der Waals surface area contributed by atoms with Gasteiger partial charge in [0.25, 0.3) is 0 Å². The molecule has 5 heteroatoms. The number of anilines is 1. The average molecular weight is 330 g/mol. The van der Waals surface area contributed by atoms with Gasteiger partial charge >= 0.3 is 0 Å². The molecule has 1 saturated heterocycles. The molecular formula is C19H23FN2O2. The second-order valence-corrected chi connectivity index (χ2v) is 5.93. The van der Waals surface area contributed by atoms with E-state index >= 15 is 0 Å². The van der Waals surface area contributed by atoms with E-state index in [1.165, 1.54) is 11.8 Å². The predicted molar refractivity (Wildman–Crippen MR) is 92.5 cm³/mol. The molecule has 128 valence electrons. The Bertz CT molecular complexity index is 642. The van der Waals surface area contributed by atoms with Crippen LogP contribution in [0.2, 0.25) is 0 Å². The summed E-state index contributed by atoms with van der Waals surface area (Å²) in [7, 11) is 0. The maximum absolute atomic E-state index is 13.6. The Morgan fingerprint density at radius 1 is 1.08 bits per heavy atom. The first-order valence-electron chi connectivity index (χ1n) is 8.29. The monoisotopic (exact) mass is 330 g/mol. The van der Waals surface area contributed by atoms with E-state index in [-0.39, 0.29) is 5.82 Å². The molecule has 1 unspecified atom stereocenters. The second-order valence-electron chi connectivity index (χ2n) is 5.93. The number of nitrogens with one attached hydrogen (secondary N) is 1. The molecule has 1 aliphatic rings. The van der Waals surface area contributed by atoms with Gasteiger partial charge in [0.2, 0.25) is 0 Å². The van der Waals surface area contributed by atoms with E-state index in [0.29, 0.717) is 18.7 Å². The van der Waals surface area contributed by atoms with Gasteiger partial charge in [-0.1, -0.05) is 30.3 Å². The minimum absolute atomic E-state index is 0.312. The molecule has 1 fully saturated rings. The number of rotatable bonds is 6. The van der Waals surface area contributed by atoms with Crippen molar-refractivity contribution in [3.8, 4) is 0 Å². The van der Waals surface area contributed by atoms with Crippen molar-refractivity contribution < 1.29 is 14.2 Å². The molecule has 24 heavy (non-hydrogen) atoms. The van der Waals surface area contributed by atoms with Gasteiger partial charge in [0.15, 0.2) is 0 Å². The quantitative estimate of drug-likeness (QED) is 0.854. The third-order valence-electron chi connectivity index (χ3n) is 4.24. The first-order chi connectivity index (χ1) is 11.7. The minimum atomic E-state index is -0.848. The minimum Gasteiger partial charge on any atom is -0.387 e. The van der Waals surface area contributed by atoms with Crippen molar-refractivity contribution in [1.29, 1.82) is 0 Å². The van der Waals surface area contributed by atoms with Crippen LogP contribution in [0.15, 0.2) is 48.5 Å². The number of nitrogens with zero attached hydrogens (tertiary/aromatic N) is 1. The fourth-order valence-corrected chi connectivity index (χ4v) is 2.85. The van der Waals surface area contributed by atoms with Gasteiger partial charge in [-0.2, -0.15) is 0 Å². The molecule has 0 amide bonds. The molecular weight excluding hydrogens is 307 g/mol. The van der Waals surface area contributed by atoms with E-state index < -0.39 is 6.10 Å². The van der Waals surface area contributed by atoms with Gasteiger partial charge in [0.05, 0.1) is 19.3 Å². The molecule has 1 aliphatic heterocycles. The molecule has 0 spiro atoms. The zero-order chi connectivity index (χ0) is 16.8. The average Bonchev–Trinajstić information content (AvgIpc) is 2.63. The van der Waals surface area contributed by atoms with Crippen LogP contribution >= 0.6 is 0 Å². The molecule has 1 atom stereocenters. The highest BCUT2D eigenvalue weighted by atomic mass is 19.1. The van der Waals surface area contributed by atoms with Gasteiger partial charge < -0.3 is 20.1 Å². The summed E-state index contributed by atoms with van der Waals surface area (Å²) in [5.41, 5.74) is 2.66. The highest BCUT2D eigenvalue weighted by Gasteiger charge is 2.12. The molecule has 2 aromatic rings. The number of hydrogen-bond acceptors (Lipinski definition) is 4. The number of morpholine rings is 1. The molecule has 2 aromatic carbocycles. The van der Waals surface area contributed by atoms with Gasteiger partial charge in [-0.05, 0) is 23.8 Å². The standard InChI is InChI=1S/C19H23FN2O2/c20-18-4-2-1-3-17(18)19(23)14-21-13-15-5-7-16(8-6-15)22-9-11-24-12-10-22/h1-8,19,21,23H,9-14H2. The Labute approximate surface area is 141 Å². The van der Waals surface area contributed by atoms with Crippen LogP contribution in [-0.4, -0.2) is 38.0 Å². The van der Waals surface area contributed by atoms with E-state index in [2.05, 4.69) is 34.5 Å². The Balaban J connectivity index is 1.49. The van der Waals surface area contributed by atoms with Crippen molar-refractivity contribution in [1.82, 2.24) is 5.32 Å². The molecule has 1 heterocycles. The Kier molecular flexibility index (Phi) is 5.80. The van der Waals surface area contributed by atoms with Crippen LogP contribution in [0.25, 0.3) is 0 Å². The van der Waals surface area contributed by atoms with Crippen LogP contribution in [0.5, 0.6) is 0 Å². The third-order valence-corrected chi connectivity index (χ3v) is 4.24. The van der Waals surface area contributed by atoms with Gasteiger partial charge in [0, 0.05) is 37.4 Å². The topological polar surface area (TPSA) is 44.7 Å². The first kappa shape index (κ1) is 16.9. The summed E-state index contributed by atoms with van der Waals surface area (Å²) in [5.74, 6) is -0.373. The summed E-state index contributed by atoms with van der Waals surface area (Å²) < 4.78 is 19.0. The van der Waals surface area contributed by atoms with Gasteiger partial charge in [0.1, 0.15) is 5.82 Å². The van der Waals surface area contributed by atoms with Gasteiger partial charge in [-0.3, -0.25) is 0 Å². The number of halogens is 1. The van der Waals surface area contributed by atoms with Crippen molar-refractivity contribution in [3.05, 3.63) is 65.5 Å². The molecule has 0 radical (unpaired) electrons. The zero-order valence-corrected chi connectivity index (χ0v) is 13.6. The van der Waals surface area contributed by atoms with Gasteiger partial charge in [-0.15, -0.1) is 0 Å². The van der Waals surface area contributed by atoms with Crippen LogP contribution in [0, 0.1) is 5.82 Å². The Hall–Kier alpha value is -1.95. The number of benzene rings is 2. The Morgan fingerprint density at radius 3 is 2.50 bits per heavy atom. The zero-order valence-electron chi connectivity index (χ0n) is 13.6. The van der Waals surface area contributed by atoms with Crippen LogP contribution in [0.3, 0.4) is 0 Å². The lowest BCUT2D eigenvalue weighted by atomic mass is 10.1. The number of ether oxygens (including phenoxy) is 1. The lowest BCUT2D eigenvalue weighted by molar-refractivity contribution is 0.122. The van der Waals surface area contributed by atoms with E-state index in [0.717, 1.165) is 31.9 Å². The van der Waals surface area contributed by atoms with E-state index in [1.807, 2.05) is 0 Å². The molecule has 0 saturated carbocycles. The molecule has 0 aliphatic carbocycles. The third kappa shape index (κ3) is 4.32. The largest absolute Gasteiger partial charge is 0.387 e. The molecule has 4 nitrogen and oxygen atoms in total. The lowest BCUT2D eigenvalue weighted by Crippen LogP contribution is -2.36. The first-order valence-corrected chi connectivity index (χ1v) is 8.29. The normalized spacial score (nSPS) is 16.2. The van der Waals surface area contributed by atoms with Crippen LogP contribution in [0.1, 0.15) is 17.2 Å². The SMILES string of the molecule is OC(CNCc1ccc(N2CCOCC2)cc1)c1ccccc1F. The Morgan fingerprint density at radius 2 is 1.79 bits per heavy atom. The fraction of sp³-hybridized carbons (Fsp3) is 0.368. The lowest BCUT2D eigenvalue weighted by Gasteiger charge is -2.28. The highest BCUT2D eigenvalue weighted by Crippen LogP contribution is 2.18. The predicted octanol–water partition coefficient (Wildman–Crippen LogP) is 2.49. The second kappa shape index (κ2) is 8.24. The number of aliphatic hydroxyl groups excluding tert-OH is 1. The molecule has 0 bridgehead atoms. The number of hydrogen-bond donors (Lipinski definition) is 2. The molecule has 3 rings (SSSR count). The summed E-state index contributed by atoms with van der Waals surface area (Å²) in [4.78, 5) is 2.31. The van der Waals surface area contributed by atoms with E-state index in [4.69, 9.17) is 4.74 Å². The number of aliphatic hydroxyl groups is 1. The van der Waals surface area contributed by atoms with Crippen molar-refractivity contribution in [2.75, 3.05) is 37.7 Å².